The number of amides is 1. The van der Waals surface area contributed by atoms with E-state index in [2.05, 4.69) is 32.0 Å². The quantitative estimate of drug-likeness (QED) is 0.927. The van der Waals surface area contributed by atoms with E-state index in [0.717, 1.165) is 55.4 Å². The molecule has 1 aromatic heterocycles. The lowest BCUT2D eigenvalue weighted by atomic mass is 10.1. The normalized spacial score (nSPS) is 15.2. The molecule has 0 atom stereocenters. The number of nitrogens with zero attached hydrogens (tertiary/aromatic N) is 4. The SMILES string of the molecule is CCN1CCN(c2cnc(C(=O)Nc3cccc(C)c3C)cn2)CC1. The van der Waals surface area contributed by atoms with Gasteiger partial charge in [0, 0.05) is 31.9 Å². The molecule has 0 saturated carbocycles. The molecule has 0 unspecified atom stereocenters. The van der Waals surface area contributed by atoms with Crippen LogP contribution in [0.1, 0.15) is 28.5 Å². The number of rotatable bonds is 4. The first-order chi connectivity index (χ1) is 12.1. The number of aromatic nitrogens is 2. The van der Waals surface area contributed by atoms with Gasteiger partial charge >= 0.3 is 0 Å². The van der Waals surface area contributed by atoms with Gasteiger partial charge in [-0.15, -0.1) is 0 Å². The molecule has 1 aliphatic heterocycles. The van der Waals surface area contributed by atoms with Crippen LogP contribution in [0.3, 0.4) is 0 Å². The summed E-state index contributed by atoms with van der Waals surface area (Å²) in [7, 11) is 0. The van der Waals surface area contributed by atoms with Gasteiger partial charge in [0.1, 0.15) is 11.5 Å². The van der Waals surface area contributed by atoms with Crippen LogP contribution in [-0.2, 0) is 0 Å². The van der Waals surface area contributed by atoms with Gasteiger partial charge in [0.25, 0.3) is 5.91 Å². The minimum atomic E-state index is -0.233. The largest absolute Gasteiger partial charge is 0.353 e. The Labute approximate surface area is 148 Å². The zero-order valence-corrected chi connectivity index (χ0v) is 15.1. The first-order valence-corrected chi connectivity index (χ1v) is 8.75. The lowest BCUT2D eigenvalue weighted by Gasteiger charge is -2.34. The van der Waals surface area contributed by atoms with Crippen molar-refractivity contribution in [2.75, 3.05) is 42.9 Å². The maximum Gasteiger partial charge on any atom is 0.275 e. The van der Waals surface area contributed by atoms with Crippen LogP contribution < -0.4 is 10.2 Å². The van der Waals surface area contributed by atoms with Crippen LogP contribution in [0, 0.1) is 13.8 Å². The monoisotopic (exact) mass is 339 g/mol. The summed E-state index contributed by atoms with van der Waals surface area (Å²) >= 11 is 0. The van der Waals surface area contributed by atoms with Crippen molar-refractivity contribution in [3.8, 4) is 0 Å². The molecule has 2 aromatic rings. The van der Waals surface area contributed by atoms with Crippen molar-refractivity contribution in [3.63, 3.8) is 0 Å². The molecule has 1 N–H and O–H groups in total. The lowest BCUT2D eigenvalue weighted by Crippen LogP contribution is -2.46. The topological polar surface area (TPSA) is 61.4 Å². The highest BCUT2D eigenvalue weighted by atomic mass is 16.1. The number of hydrogen-bond donors (Lipinski definition) is 1. The van der Waals surface area contributed by atoms with Gasteiger partial charge in [-0.2, -0.15) is 0 Å². The van der Waals surface area contributed by atoms with Gasteiger partial charge in [-0.3, -0.25) is 4.79 Å². The fourth-order valence-corrected chi connectivity index (χ4v) is 2.97. The molecule has 1 amide bonds. The Kier molecular flexibility index (Phi) is 5.28. The fraction of sp³-hybridized carbons (Fsp3) is 0.421. The van der Waals surface area contributed by atoms with Crippen LogP contribution in [0.4, 0.5) is 11.5 Å². The van der Waals surface area contributed by atoms with Crippen molar-refractivity contribution in [3.05, 3.63) is 47.4 Å². The molecule has 25 heavy (non-hydrogen) atoms. The number of carbonyl (C=O) groups is 1. The summed E-state index contributed by atoms with van der Waals surface area (Å²) in [6, 6.07) is 5.86. The van der Waals surface area contributed by atoms with Gasteiger partial charge in [-0.05, 0) is 37.6 Å². The van der Waals surface area contributed by atoms with Crippen LogP contribution in [0.2, 0.25) is 0 Å². The average Bonchev–Trinajstić information content (AvgIpc) is 2.65. The van der Waals surface area contributed by atoms with E-state index in [1.165, 1.54) is 0 Å². The molecular weight excluding hydrogens is 314 g/mol. The van der Waals surface area contributed by atoms with Crippen molar-refractivity contribution in [1.29, 1.82) is 0 Å². The molecule has 2 heterocycles. The van der Waals surface area contributed by atoms with Gasteiger partial charge in [-0.1, -0.05) is 19.1 Å². The highest BCUT2D eigenvalue weighted by Crippen LogP contribution is 2.19. The van der Waals surface area contributed by atoms with Crippen molar-refractivity contribution < 1.29 is 4.79 Å². The van der Waals surface area contributed by atoms with E-state index < -0.39 is 0 Å². The number of piperazine rings is 1. The Morgan fingerprint density at radius 2 is 1.88 bits per heavy atom. The van der Waals surface area contributed by atoms with E-state index in [9.17, 15) is 4.79 Å². The van der Waals surface area contributed by atoms with Crippen LogP contribution >= 0.6 is 0 Å². The second kappa shape index (κ2) is 7.61. The number of anilines is 2. The van der Waals surface area contributed by atoms with Gasteiger partial charge < -0.3 is 15.1 Å². The third-order valence-corrected chi connectivity index (χ3v) is 4.87. The summed E-state index contributed by atoms with van der Waals surface area (Å²) in [6.45, 7) is 11.2. The summed E-state index contributed by atoms with van der Waals surface area (Å²) < 4.78 is 0. The third-order valence-electron chi connectivity index (χ3n) is 4.87. The molecule has 6 nitrogen and oxygen atoms in total. The van der Waals surface area contributed by atoms with Crippen LogP contribution in [-0.4, -0.2) is 53.5 Å². The number of benzene rings is 1. The number of likely N-dealkylation sites (N-methyl/N-ethyl adjacent to an activating group) is 1. The summed E-state index contributed by atoms with van der Waals surface area (Å²) in [5, 5.41) is 2.92. The molecule has 0 aliphatic carbocycles. The predicted octanol–water partition coefficient (Wildman–Crippen LogP) is 2.49. The molecule has 1 aromatic carbocycles. The van der Waals surface area contributed by atoms with E-state index in [1.807, 2.05) is 32.0 Å². The van der Waals surface area contributed by atoms with E-state index in [0.29, 0.717) is 5.69 Å². The molecule has 0 spiro atoms. The molecular formula is C19H25N5O. The standard InChI is InChI=1S/C19H25N5O/c1-4-23-8-10-24(11-9-23)18-13-20-17(12-21-18)19(25)22-16-7-5-6-14(2)15(16)3/h5-7,12-13H,4,8-11H2,1-3H3,(H,22,25). The second-order valence-corrected chi connectivity index (χ2v) is 6.38. The molecule has 3 rings (SSSR count). The fourth-order valence-electron chi connectivity index (χ4n) is 2.97. The molecule has 0 bridgehead atoms. The Hall–Kier alpha value is -2.47. The first kappa shape index (κ1) is 17.4. The summed E-state index contributed by atoms with van der Waals surface area (Å²) in [4.78, 5) is 25.8. The third kappa shape index (κ3) is 3.96. The van der Waals surface area contributed by atoms with Crippen molar-refractivity contribution in [2.24, 2.45) is 0 Å². The Bertz CT molecular complexity index is 736. The summed E-state index contributed by atoms with van der Waals surface area (Å²) in [5.41, 5.74) is 3.35. The molecule has 0 radical (unpaired) electrons. The molecule has 1 saturated heterocycles. The minimum absolute atomic E-state index is 0.233. The van der Waals surface area contributed by atoms with Crippen LogP contribution in [0.25, 0.3) is 0 Å². The molecule has 1 fully saturated rings. The van der Waals surface area contributed by atoms with E-state index >= 15 is 0 Å². The first-order valence-electron chi connectivity index (χ1n) is 8.75. The molecule has 1 aliphatic rings. The second-order valence-electron chi connectivity index (χ2n) is 6.38. The van der Waals surface area contributed by atoms with E-state index in [4.69, 9.17) is 0 Å². The Morgan fingerprint density at radius 1 is 1.12 bits per heavy atom. The maximum atomic E-state index is 12.4. The van der Waals surface area contributed by atoms with Crippen molar-refractivity contribution in [2.45, 2.75) is 20.8 Å². The molecule has 132 valence electrons. The van der Waals surface area contributed by atoms with Crippen LogP contribution in [0.5, 0.6) is 0 Å². The summed E-state index contributed by atoms with van der Waals surface area (Å²) in [5.74, 6) is 0.600. The zero-order chi connectivity index (χ0) is 17.8. The van der Waals surface area contributed by atoms with Gasteiger partial charge in [0.2, 0.25) is 0 Å². The summed E-state index contributed by atoms with van der Waals surface area (Å²) in [6.07, 6.45) is 3.25. The van der Waals surface area contributed by atoms with Gasteiger partial charge in [-0.25, -0.2) is 9.97 Å². The van der Waals surface area contributed by atoms with E-state index in [-0.39, 0.29) is 5.91 Å². The van der Waals surface area contributed by atoms with Gasteiger partial charge in [0.05, 0.1) is 12.4 Å². The van der Waals surface area contributed by atoms with Crippen molar-refractivity contribution >= 4 is 17.4 Å². The Balaban J connectivity index is 1.66. The van der Waals surface area contributed by atoms with Crippen molar-refractivity contribution in [1.82, 2.24) is 14.9 Å². The van der Waals surface area contributed by atoms with Gasteiger partial charge in [0.15, 0.2) is 0 Å². The highest BCUT2D eigenvalue weighted by Gasteiger charge is 2.18. The number of hydrogen-bond acceptors (Lipinski definition) is 5. The van der Waals surface area contributed by atoms with Crippen LogP contribution in [0.15, 0.2) is 30.6 Å². The lowest BCUT2D eigenvalue weighted by molar-refractivity contribution is 0.102. The van der Waals surface area contributed by atoms with E-state index in [1.54, 1.807) is 12.4 Å². The smallest absolute Gasteiger partial charge is 0.275 e. The Morgan fingerprint density at radius 3 is 2.52 bits per heavy atom. The number of aryl methyl sites for hydroxylation is 1. The number of nitrogens with one attached hydrogen (secondary N) is 1. The maximum absolute atomic E-state index is 12.4. The average molecular weight is 339 g/mol. The predicted molar refractivity (Wildman–Crippen MR) is 100 cm³/mol. The minimum Gasteiger partial charge on any atom is -0.353 e. The number of carbonyl (C=O) groups excluding carboxylic acids is 1. The zero-order valence-electron chi connectivity index (χ0n) is 15.1. The molecule has 6 heteroatoms. The highest BCUT2D eigenvalue weighted by molar-refractivity contribution is 6.03.